The Morgan fingerprint density at radius 1 is 1.17 bits per heavy atom. The Hall–Kier alpha value is -3.46. The van der Waals surface area contributed by atoms with Gasteiger partial charge in [0.1, 0.15) is 28.5 Å². The Bertz CT molecular complexity index is 1300. The van der Waals surface area contributed by atoms with E-state index in [2.05, 4.69) is 4.98 Å². The number of halogens is 2. The number of aromatic nitrogens is 2. The third-order valence-electron chi connectivity index (χ3n) is 6.39. The lowest BCUT2D eigenvalue weighted by atomic mass is 10.00. The van der Waals surface area contributed by atoms with Crippen molar-refractivity contribution in [3.8, 4) is 28.5 Å². The summed E-state index contributed by atoms with van der Waals surface area (Å²) in [5.74, 6) is 0.663. The number of hydrogen-bond donors (Lipinski definition) is 0. The van der Waals surface area contributed by atoms with Crippen LogP contribution in [0.15, 0.2) is 36.7 Å². The SMILES string of the molecule is COc1cn2c(-c3cc(OC)c(C(=O)CC4CC4)c(OC(F)F)c3)cnc2cc1C1=CCOCC1. The lowest BCUT2D eigenvalue weighted by Crippen LogP contribution is -2.11. The predicted octanol–water partition coefficient (Wildman–Crippen LogP) is 5.41. The van der Waals surface area contributed by atoms with Gasteiger partial charge in [-0.1, -0.05) is 6.08 Å². The molecule has 35 heavy (non-hydrogen) atoms. The molecular formula is C26H26F2N2O5. The van der Waals surface area contributed by atoms with Gasteiger partial charge in [0.15, 0.2) is 5.78 Å². The van der Waals surface area contributed by atoms with E-state index >= 15 is 0 Å². The highest BCUT2D eigenvalue weighted by atomic mass is 19.3. The number of carbonyl (C=O) groups is 1. The number of fused-ring (bicyclic) bond motifs is 1. The highest BCUT2D eigenvalue weighted by Crippen LogP contribution is 2.41. The van der Waals surface area contributed by atoms with Gasteiger partial charge >= 0.3 is 6.61 Å². The molecule has 0 spiro atoms. The van der Waals surface area contributed by atoms with Crippen LogP contribution in [0.2, 0.25) is 0 Å². The molecular weight excluding hydrogens is 458 g/mol. The number of pyridine rings is 1. The normalized spacial score (nSPS) is 15.9. The molecule has 0 amide bonds. The summed E-state index contributed by atoms with van der Waals surface area (Å²) in [6, 6.07) is 5.03. The van der Waals surface area contributed by atoms with Crippen LogP contribution >= 0.6 is 0 Å². The largest absolute Gasteiger partial charge is 0.496 e. The van der Waals surface area contributed by atoms with E-state index in [4.69, 9.17) is 18.9 Å². The summed E-state index contributed by atoms with van der Waals surface area (Å²) in [7, 11) is 3.00. The first kappa shape index (κ1) is 23.3. The number of alkyl halides is 2. The zero-order chi connectivity index (χ0) is 24.5. The number of ether oxygens (including phenoxy) is 4. The molecule has 0 unspecified atom stereocenters. The van der Waals surface area contributed by atoms with E-state index in [1.165, 1.54) is 13.2 Å². The lowest BCUT2D eigenvalue weighted by molar-refractivity contribution is -0.0502. The highest BCUT2D eigenvalue weighted by Gasteiger charge is 2.30. The first-order valence-electron chi connectivity index (χ1n) is 11.5. The topological polar surface area (TPSA) is 71.3 Å². The van der Waals surface area contributed by atoms with Gasteiger partial charge in [0.2, 0.25) is 0 Å². The molecule has 1 aliphatic carbocycles. The van der Waals surface area contributed by atoms with E-state index in [0.29, 0.717) is 35.9 Å². The fraction of sp³-hybridized carbons (Fsp3) is 0.385. The second kappa shape index (κ2) is 9.65. The number of carbonyl (C=O) groups excluding carboxylic acids is 1. The molecule has 5 rings (SSSR count). The van der Waals surface area contributed by atoms with Crippen molar-refractivity contribution >= 4 is 17.0 Å². The van der Waals surface area contributed by atoms with E-state index in [1.807, 2.05) is 22.7 Å². The molecule has 1 aromatic carbocycles. The average molecular weight is 484 g/mol. The number of methoxy groups -OCH3 is 2. The standard InChI is InChI=1S/C26H26F2N2O5/c1-32-21-10-17(11-22(35-26(27)28)25(21)20(31)9-15-3-4-15)19-13-29-24-12-18(16-5-7-34-8-6-16)23(33-2)14-30(19)24/h5,10-15,26H,3-4,6-9H2,1-2H3. The molecule has 0 N–H and O–H groups in total. The van der Waals surface area contributed by atoms with Crippen molar-refractivity contribution in [3.63, 3.8) is 0 Å². The van der Waals surface area contributed by atoms with Gasteiger partial charge in [0.25, 0.3) is 0 Å². The minimum Gasteiger partial charge on any atom is -0.496 e. The third-order valence-corrected chi connectivity index (χ3v) is 6.39. The number of Topliss-reactive ketones (excluding diaryl/α,β-unsaturated/α-hetero) is 1. The number of benzene rings is 1. The Kier molecular flexibility index (Phi) is 6.42. The molecule has 0 bridgehead atoms. The van der Waals surface area contributed by atoms with Crippen LogP contribution in [0, 0.1) is 5.92 Å². The molecule has 1 aliphatic heterocycles. The summed E-state index contributed by atoms with van der Waals surface area (Å²) in [6.45, 7) is -1.90. The monoisotopic (exact) mass is 484 g/mol. The number of imidazole rings is 1. The smallest absolute Gasteiger partial charge is 0.387 e. The fourth-order valence-corrected chi connectivity index (χ4v) is 4.45. The van der Waals surface area contributed by atoms with Crippen molar-refractivity contribution in [1.29, 1.82) is 0 Å². The first-order valence-corrected chi connectivity index (χ1v) is 11.5. The van der Waals surface area contributed by atoms with Crippen LogP contribution in [0.3, 0.4) is 0 Å². The molecule has 1 fully saturated rings. The Labute approximate surface area is 201 Å². The van der Waals surface area contributed by atoms with Gasteiger partial charge in [-0.15, -0.1) is 0 Å². The highest BCUT2D eigenvalue weighted by molar-refractivity contribution is 6.02. The Morgan fingerprint density at radius 2 is 1.94 bits per heavy atom. The van der Waals surface area contributed by atoms with Crippen molar-refractivity contribution in [2.24, 2.45) is 5.92 Å². The van der Waals surface area contributed by atoms with Crippen molar-refractivity contribution in [3.05, 3.63) is 47.8 Å². The van der Waals surface area contributed by atoms with E-state index in [1.54, 1.807) is 19.4 Å². The van der Waals surface area contributed by atoms with Gasteiger partial charge < -0.3 is 18.9 Å². The molecule has 3 heterocycles. The summed E-state index contributed by atoms with van der Waals surface area (Å²) >= 11 is 0. The maximum Gasteiger partial charge on any atom is 0.387 e. The van der Waals surface area contributed by atoms with Crippen molar-refractivity contribution in [2.45, 2.75) is 32.3 Å². The summed E-state index contributed by atoms with van der Waals surface area (Å²) in [6.07, 6.45) is 8.46. The zero-order valence-corrected chi connectivity index (χ0v) is 19.6. The number of ketones is 1. The third kappa shape index (κ3) is 4.73. The van der Waals surface area contributed by atoms with E-state index in [9.17, 15) is 13.6 Å². The van der Waals surface area contributed by atoms with E-state index in [-0.39, 0.29) is 35.2 Å². The van der Waals surface area contributed by atoms with Crippen molar-refractivity contribution in [2.75, 3.05) is 27.4 Å². The molecule has 2 aromatic heterocycles. The number of rotatable bonds is 9. The predicted molar refractivity (Wildman–Crippen MR) is 125 cm³/mol. The molecule has 9 heteroatoms. The lowest BCUT2D eigenvalue weighted by Gasteiger charge is -2.18. The van der Waals surface area contributed by atoms with Gasteiger partial charge in [-0.05, 0) is 49.0 Å². The maximum atomic E-state index is 13.3. The van der Waals surface area contributed by atoms with Crippen LogP contribution in [-0.2, 0) is 4.74 Å². The molecule has 0 radical (unpaired) electrons. The Balaban J connectivity index is 1.61. The van der Waals surface area contributed by atoms with Crippen LogP contribution in [0.1, 0.15) is 41.6 Å². The summed E-state index contributed by atoms with van der Waals surface area (Å²) in [5.41, 5.74) is 3.89. The summed E-state index contributed by atoms with van der Waals surface area (Å²) in [4.78, 5) is 17.4. The van der Waals surface area contributed by atoms with Crippen molar-refractivity contribution < 1.29 is 32.5 Å². The van der Waals surface area contributed by atoms with Gasteiger partial charge in [0, 0.05) is 17.5 Å². The van der Waals surface area contributed by atoms with Gasteiger partial charge in [-0.3, -0.25) is 9.20 Å². The second-order valence-electron chi connectivity index (χ2n) is 8.68. The minimum atomic E-state index is -3.08. The summed E-state index contributed by atoms with van der Waals surface area (Å²) in [5, 5.41) is 0. The van der Waals surface area contributed by atoms with Crippen molar-refractivity contribution in [1.82, 2.24) is 9.38 Å². The Morgan fingerprint density at radius 3 is 2.60 bits per heavy atom. The van der Waals surface area contributed by atoms with Crippen LogP contribution in [0.5, 0.6) is 17.2 Å². The molecule has 7 nitrogen and oxygen atoms in total. The molecule has 0 atom stereocenters. The molecule has 184 valence electrons. The fourth-order valence-electron chi connectivity index (χ4n) is 4.45. The molecule has 1 saturated carbocycles. The number of hydrogen-bond acceptors (Lipinski definition) is 6. The molecule has 0 saturated heterocycles. The molecule has 2 aliphatic rings. The summed E-state index contributed by atoms with van der Waals surface area (Å²) < 4.78 is 49.7. The quantitative estimate of drug-likeness (QED) is 0.379. The van der Waals surface area contributed by atoms with Crippen LogP contribution in [0.4, 0.5) is 8.78 Å². The number of nitrogens with zero attached hydrogens (tertiary/aromatic N) is 2. The van der Waals surface area contributed by atoms with Gasteiger partial charge in [-0.25, -0.2) is 4.98 Å². The van der Waals surface area contributed by atoms with E-state index in [0.717, 1.165) is 30.4 Å². The van der Waals surface area contributed by atoms with Crippen LogP contribution in [0.25, 0.3) is 22.5 Å². The minimum absolute atomic E-state index is 0.0450. The van der Waals surface area contributed by atoms with Crippen LogP contribution in [-0.4, -0.2) is 49.2 Å². The first-order chi connectivity index (χ1) is 17.0. The average Bonchev–Trinajstić information content (AvgIpc) is 3.58. The second-order valence-corrected chi connectivity index (χ2v) is 8.68. The van der Waals surface area contributed by atoms with Gasteiger partial charge in [-0.2, -0.15) is 8.78 Å². The maximum absolute atomic E-state index is 13.3. The van der Waals surface area contributed by atoms with E-state index < -0.39 is 6.61 Å². The molecule has 3 aromatic rings. The zero-order valence-electron chi connectivity index (χ0n) is 19.6. The van der Waals surface area contributed by atoms with Gasteiger partial charge in [0.05, 0.1) is 45.5 Å². The van der Waals surface area contributed by atoms with Crippen LogP contribution < -0.4 is 14.2 Å².